The quantitative estimate of drug-likeness (QED) is 0.649. The number of nitrogens with one attached hydrogen (secondary N) is 1. The summed E-state index contributed by atoms with van der Waals surface area (Å²) in [6.07, 6.45) is 0. The Hall–Kier alpha value is -2.18. The first-order valence-electron chi connectivity index (χ1n) is 6.46. The molecule has 5 nitrogen and oxygen atoms in total. The van der Waals surface area contributed by atoms with Crippen molar-refractivity contribution in [3.63, 3.8) is 0 Å². The number of halogens is 2. The molecule has 0 aliphatic rings. The van der Waals surface area contributed by atoms with E-state index in [1.807, 2.05) is 0 Å². The van der Waals surface area contributed by atoms with Crippen molar-refractivity contribution >= 4 is 23.0 Å². The second-order valence-electron chi connectivity index (χ2n) is 5.03. The molecule has 2 N–H and O–H groups in total. The third kappa shape index (κ3) is 3.52. The van der Waals surface area contributed by atoms with Gasteiger partial charge in [-0.3, -0.25) is 10.1 Å². The zero-order valence-electron chi connectivity index (χ0n) is 11.7. The highest BCUT2D eigenvalue weighted by molar-refractivity contribution is 6.31. The smallest absolute Gasteiger partial charge is 0.272 e. The van der Waals surface area contributed by atoms with E-state index >= 15 is 0 Å². The standard InChI is InChI=1S/C15H14ClFN2O3/c1-15(20,11-4-2-3-5-12(11)16)9-18-14-7-6-10(19(21)22)8-13(14)17/h2-8,18,20H,9H2,1H3. The van der Waals surface area contributed by atoms with E-state index in [-0.39, 0.29) is 17.9 Å². The Bertz CT molecular complexity index is 707. The molecule has 0 aliphatic carbocycles. The van der Waals surface area contributed by atoms with Crippen LogP contribution in [0.4, 0.5) is 15.8 Å². The summed E-state index contributed by atoms with van der Waals surface area (Å²) in [5.74, 6) is -0.760. The molecule has 0 heterocycles. The normalized spacial score (nSPS) is 13.5. The summed E-state index contributed by atoms with van der Waals surface area (Å²) in [6.45, 7) is 1.54. The summed E-state index contributed by atoms with van der Waals surface area (Å²) >= 11 is 6.04. The van der Waals surface area contributed by atoms with Crippen LogP contribution in [0.3, 0.4) is 0 Å². The summed E-state index contributed by atoms with van der Waals surface area (Å²) < 4.78 is 13.8. The van der Waals surface area contributed by atoms with Gasteiger partial charge in [-0.15, -0.1) is 0 Å². The number of nitrogens with zero attached hydrogens (tertiary/aromatic N) is 1. The van der Waals surface area contributed by atoms with Crippen molar-refractivity contribution in [1.29, 1.82) is 0 Å². The average molecular weight is 325 g/mol. The van der Waals surface area contributed by atoms with Crippen molar-refractivity contribution in [3.8, 4) is 0 Å². The van der Waals surface area contributed by atoms with E-state index in [1.165, 1.54) is 12.1 Å². The number of nitro benzene ring substituents is 1. The second-order valence-corrected chi connectivity index (χ2v) is 5.44. The lowest BCUT2D eigenvalue weighted by Gasteiger charge is -2.26. The minimum absolute atomic E-state index is 0.00847. The lowest BCUT2D eigenvalue weighted by molar-refractivity contribution is -0.385. The molecule has 0 aliphatic heterocycles. The number of benzene rings is 2. The predicted octanol–water partition coefficient (Wildman–Crippen LogP) is 3.71. The molecule has 1 atom stereocenters. The molecule has 22 heavy (non-hydrogen) atoms. The zero-order valence-corrected chi connectivity index (χ0v) is 12.5. The van der Waals surface area contributed by atoms with Crippen molar-refractivity contribution in [3.05, 3.63) is 69.0 Å². The van der Waals surface area contributed by atoms with Gasteiger partial charge in [-0.05, 0) is 19.1 Å². The minimum atomic E-state index is -1.33. The Labute approximate surface area is 131 Å². The highest BCUT2D eigenvalue weighted by Gasteiger charge is 2.25. The van der Waals surface area contributed by atoms with Gasteiger partial charge in [0.25, 0.3) is 5.69 Å². The summed E-state index contributed by atoms with van der Waals surface area (Å²) in [6, 6.07) is 10.1. The number of anilines is 1. The van der Waals surface area contributed by atoms with Crippen LogP contribution in [0.25, 0.3) is 0 Å². The molecule has 0 saturated heterocycles. The summed E-state index contributed by atoms with van der Waals surface area (Å²) in [5.41, 5.74) is -1.09. The van der Waals surface area contributed by atoms with Crippen molar-refractivity contribution in [1.82, 2.24) is 0 Å². The SMILES string of the molecule is CC(O)(CNc1ccc([N+](=O)[O-])cc1F)c1ccccc1Cl. The summed E-state index contributed by atoms with van der Waals surface area (Å²) in [5, 5.41) is 24.2. The number of hydrogen-bond donors (Lipinski definition) is 2. The Balaban J connectivity index is 2.16. The third-order valence-corrected chi connectivity index (χ3v) is 3.57. The molecular formula is C15H14ClFN2O3. The molecule has 0 bridgehead atoms. The maximum atomic E-state index is 13.8. The molecule has 0 saturated carbocycles. The minimum Gasteiger partial charge on any atom is -0.384 e. The van der Waals surface area contributed by atoms with Gasteiger partial charge >= 0.3 is 0 Å². The van der Waals surface area contributed by atoms with Gasteiger partial charge in [0.1, 0.15) is 5.60 Å². The van der Waals surface area contributed by atoms with Gasteiger partial charge in [0.15, 0.2) is 5.82 Å². The van der Waals surface area contributed by atoms with E-state index in [0.29, 0.717) is 10.6 Å². The molecular weight excluding hydrogens is 311 g/mol. The van der Waals surface area contributed by atoms with Crippen molar-refractivity contribution in [2.75, 3.05) is 11.9 Å². The van der Waals surface area contributed by atoms with Crippen LogP contribution in [-0.4, -0.2) is 16.6 Å². The fourth-order valence-electron chi connectivity index (χ4n) is 2.02. The fraction of sp³-hybridized carbons (Fsp3) is 0.200. The maximum absolute atomic E-state index is 13.8. The van der Waals surface area contributed by atoms with E-state index in [2.05, 4.69) is 5.32 Å². The van der Waals surface area contributed by atoms with Crippen LogP contribution >= 0.6 is 11.6 Å². The Kier molecular flexibility index (Phi) is 4.63. The monoisotopic (exact) mass is 324 g/mol. The van der Waals surface area contributed by atoms with Crippen LogP contribution in [0.1, 0.15) is 12.5 Å². The van der Waals surface area contributed by atoms with Crippen LogP contribution in [0, 0.1) is 15.9 Å². The first kappa shape index (κ1) is 16.2. The highest BCUT2D eigenvalue weighted by atomic mass is 35.5. The van der Waals surface area contributed by atoms with Crippen LogP contribution in [0.5, 0.6) is 0 Å². The van der Waals surface area contributed by atoms with Gasteiger partial charge in [-0.1, -0.05) is 29.8 Å². The molecule has 0 aromatic heterocycles. The van der Waals surface area contributed by atoms with E-state index in [4.69, 9.17) is 11.6 Å². The van der Waals surface area contributed by atoms with Crippen LogP contribution < -0.4 is 5.32 Å². The molecule has 0 fully saturated rings. The lowest BCUT2D eigenvalue weighted by Crippen LogP contribution is -2.31. The number of nitro groups is 1. The van der Waals surface area contributed by atoms with Gasteiger partial charge in [-0.2, -0.15) is 0 Å². The van der Waals surface area contributed by atoms with E-state index in [9.17, 15) is 19.6 Å². The zero-order chi connectivity index (χ0) is 16.3. The van der Waals surface area contributed by atoms with Crippen molar-refractivity contribution in [2.24, 2.45) is 0 Å². The van der Waals surface area contributed by atoms with E-state index in [0.717, 1.165) is 6.07 Å². The maximum Gasteiger partial charge on any atom is 0.272 e. The molecule has 2 aromatic carbocycles. The lowest BCUT2D eigenvalue weighted by atomic mass is 9.96. The molecule has 7 heteroatoms. The molecule has 116 valence electrons. The largest absolute Gasteiger partial charge is 0.384 e. The summed E-state index contributed by atoms with van der Waals surface area (Å²) in [7, 11) is 0. The first-order valence-corrected chi connectivity index (χ1v) is 6.84. The Morgan fingerprint density at radius 1 is 1.36 bits per heavy atom. The number of aliphatic hydroxyl groups is 1. The van der Waals surface area contributed by atoms with Crippen molar-refractivity contribution in [2.45, 2.75) is 12.5 Å². The fourth-order valence-corrected chi connectivity index (χ4v) is 2.36. The molecule has 0 spiro atoms. The van der Waals surface area contributed by atoms with Crippen LogP contribution in [0.15, 0.2) is 42.5 Å². The number of rotatable bonds is 5. The first-order chi connectivity index (χ1) is 10.3. The van der Waals surface area contributed by atoms with E-state index < -0.39 is 16.3 Å². The molecule has 2 rings (SSSR count). The topological polar surface area (TPSA) is 75.4 Å². The molecule has 0 radical (unpaired) electrons. The Morgan fingerprint density at radius 3 is 2.64 bits per heavy atom. The molecule has 0 amide bonds. The van der Waals surface area contributed by atoms with E-state index in [1.54, 1.807) is 31.2 Å². The van der Waals surface area contributed by atoms with Gasteiger partial charge in [0, 0.05) is 23.2 Å². The van der Waals surface area contributed by atoms with Gasteiger partial charge < -0.3 is 10.4 Å². The summed E-state index contributed by atoms with van der Waals surface area (Å²) in [4.78, 5) is 9.89. The van der Waals surface area contributed by atoms with Gasteiger partial charge in [0.2, 0.25) is 0 Å². The number of non-ortho nitro benzene ring substituents is 1. The second kappa shape index (κ2) is 6.29. The van der Waals surface area contributed by atoms with Crippen LogP contribution in [-0.2, 0) is 5.60 Å². The van der Waals surface area contributed by atoms with Gasteiger partial charge in [0.05, 0.1) is 16.7 Å². The Morgan fingerprint density at radius 2 is 2.05 bits per heavy atom. The molecule has 2 aromatic rings. The highest BCUT2D eigenvalue weighted by Crippen LogP contribution is 2.29. The third-order valence-electron chi connectivity index (χ3n) is 3.24. The molecule has 1 unspecified atom stereocenters. The van der Waals surface area contributed by atoms with Gasteiger partial charge in [-0.25, -0.2) is 4.39 Å². The number of hydrogen-bond acceptors (Lipinski definition) is 4. The predicted molar refractivity (Wildman–Crippen MR) is 82.6 cm³/mol. The van der Waals surface area contributed by atoms with Crippen LogP contribution in [0.2, 0.25) is 5.02 Å². The average Bonchev–Trinajstić information content (AvgIpc) is 2.46. The van der Waals surface area contributed by atoms with Crippen molar-refractivity contribution < 1.29 is 14.4 Å².